The van der Waals surface area contributed by atoms with Gasteiger partial charge in [0.2, 0.25) is 0 Å². The molecule has 0 saturated carbocycles. The van der Waals surface area contributed by atoms with E-state index in [0.29, 0.717) is 0 Å². The predicted octanol–water partition coefficient (Wildman–Crippen LogP) is 5.26. The summed E-state index contributed by atoms with van der Waals surface area (Å²) in [5.41, 5.74) is 2.41. The van der Waals surface area contributed by atoms with Crippen molar-refractivity contribution >= 4 is 5.69 Å². The van der Waals surface area contributed by atoms with Crippen LogP contribution in [-0.2, 0) is 6.54 Å². The summed E-state index contributed by atoms with van der Waals surface area (Å²) in [7, 11) is 0. The maximum Gasteiger partial charge on any atom is 0.119 e. The molecule has 112 valence electrons. The molecule has 0 bridgehead atoms. The predicted molar refractivity (Wildman–Crippen MR) is 89.8 cm³/mol. The van der Waals surface area contributed by atoms with Crippen molar-refractivity contribution in [2.45, 2.75) is 39.2 Å². The Labute approximate surface area is 128 Å². The van der Waals surface area contributed by atoms with Gasteiger partial charge in [0, 0.05) is 12.2 Å². The van der Waals surface area contributed by atoms with E-state index in [1.807, 2.05) is 18.2 Å². The van der Waals surface area contributed by atoms with E-state index in [4.69, 9.17) is 4.74 Å². The molecule has 1 N–H and O–H groups in total. The standard InChI is InChI=1S/C19H25NO/c1-2-3-4-8-15-21-19-13-11-18(12-14-19)20-16-17-9-6-5-7-10-17/h5-7,9-14,20H,2-4,8,15-16H2,1H3. The molecule has 2 heteroatoms. The molecule has 0 fully saturated rings. The minimum absolute atomic E-state index is 0.816. The highest BCUT2D eigenvalue weighted by Gasteiger charge is 1.96. The van der Waals surface area contributed by atoms with Crippen LogP contribution in [0.15, 0.2) is 54.6 Å². The van der Waals surface area contributed by atoms with Crippen LogP contribution in [0.25, 0.3) is 0 Å². The summed E-state index contributed by atoms with van der Waals surface area (Å²) >= 11 is 0. The van der Waals surface area contributed by atoms with Gasteiger partial charge in [0.25, 0.3) is 0 Å². The van der Waals surface area contributed by atoms with Crippen molar-refractivity contribution in [3.05, 3.63) is 60.2 Å². The second kappa shape index (κ2) is 9.06. The lowest BCUT2D eigenvalue weighted by Gasteiger charge is -2.09. The van der Waals surface area contributed by atoms with Gasteiger partial charge in [-0.1, -0.05) is 56.5 Å². The van der Waals surface area contributed by atoms with Crippen molar-refractivity contribution in [3.8, 4) is 5.75 Å². The first kappa shape index (κ1) is 15.4. The quantitative estimate of drug-likeness (QED) is 0.634. The molecule has 0 amide bonds. The van der Waals surface area contributed by atoms with Crippen LogP contribution >= 0.6 is 0 Å². The smallest absolute Gasteiger partial charge is 0.119 e. The van der Waals surface area contributed by atoms with E-state index in [1.54, 1.807) is 0 Å². The Bertz CT molecular complexity index is 493. The molecule has 0 radical (unpaired) electrons. The highest BCUT2D eigenvalue weighted by Crippen LogP contribution is 2.17. The monoisotopic (exact) mass is 283 g/mol. The molecule has 0 spiro atoms. The van der Waals surface area contributed by atoms with Gasteiger partial charge in [0.15, 0.2) is 0 Å². The molecule has 0 aromatic heterocycles. The molecule has 2 aromatic carbocycles. The number of anilines is 1. The Morgan fingerprint density at radius 3 is 2.33 bits per heavy atom. The summed E-state index contributed by atoms with van der Waals surface area (Å²) in [6.45, 7) is 3.89. The zero-order chi connectivity index (χ0) is 14.8. The third-order valence-corrected chi connectivity index (χ3v) is 3.46. The van der Waals surface area contributed by atoms with Crippen molar-refractivity contribution in [2.75, 3.05) is 11.9 Å². The van der Waals surface area contributed by atoms with Gasteiger partial charge in [0.1, 0.15) is 5.75 Å². The summed E-state index contributed by atoms with van der Waals surface area (Å²) in [4.78, 5) is 0. The highest BCUT2D eigenvalue weighted by atomic mass is 16.5. The number of unbranched alkanes of at least 4 members (excludes halogenated alkanes) is 3. The van der Waals surface area contributed by atoms with Crippen molar-refractivity contribution in [2.24, 2.45) is 0 Å². The van der Waals surface area contributed by atoms with Crippen LogP contribution in [0.2, 0.25) is 0 Å². The molecule has 21 heavy (non-hydrogen) atoms. The van der Waals surface area contributed by atoms with Gasteiger partial charge >= 0.3 is 0 Å². The van der Waals surface area contributed by atoms with Crippen molar-refractivity contribution in [1.29, 1.82) is 0 Å². The summed E-state index contributed by atoms with van der Waals surface area (Å²) in [5, 5.41) is 3.42. The van der Waals surface area contributed by atoms with E-state index < -0.39 is 0 Å². The van der Waals surface area contributed by atoms with Crippen molar-refractivity contribution in [3.63, 3.8) is 0 Å². The van der Waals surface area contributed by atoms with E-state index in [-0.39, 0.29) is 0 Å². The van der Waals surface area contributed by atoms with E-state index in [2.05, 4.69) is 48.6 Å². The second-order valence-corrected chi connectivity index (χ2v) is 5.27. The van der Waals surface area contributed by atoms with Gasteiger partial charge in [-0.05, 0) is 36.2 Å². The Morgan fingerprint density at radius 1 is 0.857 bits per heavy atom. The molecule has 2 nitrogen and oxygen atoms in total. The SMILES string of the molecule is CCCCCCOc1ccc(NCc2ccccc2)cc1. The lowest BCUT2D eigenvalue weighted by molar-refractivity contribution is 0.305. The van der Waals surface area contributed by atoms with E-state index in [9.17, 15) is 0 Å². The fourth-order valence-corrected chi connectivity index (χ4v) is 2.19. The number of benzene rings is 2. The Morgan fingerprint density at radius 2 is 1.62 bits per heavy atom. The normalized spacial score (nSPS) is 10.3. The molecule has 2 aromatic rings. The Balaban J connectivity index is 1.71. The summed E-state index contributed by atoms with van der Waals surface area (Å²) in [6, 6.07) is 18.6. The number of ether oxygens (including phenoxy) is 1. The molecule has 0 aliphatic heterocycles. The minimum Gasteiger partial charge on any atom is -0.494 e. The zero-order valence-corrected chi connectivity index (χ0v) is 12.8. The number of nitrogens with one attached hydrogen (secondary N) is 1. The van der Waals surface area contributed by atoms with Gasteiger partial charge in [-0.3, -0.25) is 0 Å². The molecule has 2 rings (SSSR count). The van der Waals surface area contributed by atoms with Crippen LogP contribution in [0.3, 0.4) is 0 Å². The average molecular weight is 283 g/mol. The van der Waals surface area contributed by atoms with Gasteiger partial charge in [-0.15, -0.1) is 0 Å². The van der Waals surface area contributed by atoms with Crippen LogP contribution in [-0.4, -0.2) is 6.61 Å². The fourth-order valence-electron chi connectivity index (χ4n) is 2.19. The fraction of sp³-hybridized carbons (Fsp3) is 0.368. The molecular weight excluding hydrogens is 258 g/mol. The summed E-state index contributed by atoms with van der Waals surface area (Å²) < 4.78 is 5.74. The Hall–Kier alpha value is -1.96. The first-order valence-electron chi connectivity index (χ1n) is 7.89. The van der Waals surface area contributed by atoms with Crippen molar-refractivity contribution in [1.82, 2.24) is 0 Å². The third kappa shape index (κ3) is 5.90. The third-order valence-electron chi connectivity index (χ3n) is 3.46. The molecule has 0 atom stereocenters. The van der Waals surface area contributed by atoms with E-state index in [1.165, 1.54) is 24.8 Å². The van der Waals surface area contributed by atoms with Crippen LogP contribution < -0.4 is 10.1 Å². The first-order chi connectivity index (χ1) is 10.4. The maximum atomic E-state index is 5.74. The summed E-state index contributed by atoms with van der Waals surface area (Å²) in [5.74, 6) is 0.955. The topological polar surface area (TPSA) is 21.3 Å². The lowest BCUT2D eigenvalue weighted by atomic mass is 10.2. The Kier molecular flexibility index (Phi) is 6.66. The molecule has 0 heterocycles. The zero-order valence-electron chi connectivity index (χ0n) is 12.8. The lowest BCUT2D eigenvalue weighted by Crippen LogP contribution is -2.00. The van der Waals surface area contributed by atoms with Crippen LogP contribution in [0.5, 0.6) is 5.75 Å². The number of hydrogen-bond acceptors (Lipinski definition) is 2. The average Bonchev–Trinajstić information content (AvgIpc) is 2.55. The second-order valence-electron chi connectivity index (χ2n) is 5.27. The van der Waals surface area contributed by atoms with Gasteiger partial charge < -0.3 is 10.1 Å². The van der Waals surface area contributed by atoms with Crippen LogP contribution in [0.1, 0.15) is 38.2 Å². The summed E-state index contributed by atoms with van der Waals surface area (Å²) in [6.07, 6.45) is 4.96. The van der Waals surface area contributed by atoms with E-state index in [0.717, 1.165) is 31.0 Å². The van der Waals surface area contributed by atoms with Gasteiger partial charge in [0.05, 0.1) is 6.61 Å². The molecule has 0 saturated heterocycles. The van der Waals surface area contributed by atoms with Crippen LogP contribution in [0.4, 0.5) is 5.69 Å². The van der Waals surface area contributed by atoms with Gasteiger partial charge in [-0.2, -0.15) is 0 Å². The van der Waals surface area contributed by atoms with Crippen LogP contribution in [0, 0.1) is 0 Å². The van der Waals surface area contributed by atoms with Gasteiger partial charge in [-0.25, -0.2) is 0 Å². The highest BCUT2D eigenvalue weighted by molar-refractivity contribution is 5.46. The molecule has 0 unspecified atom stereocenters. The van der Waals surface area contributed by atoms with Crippen molar-refractivity contribution < 1.29 is 4.74 Å². The van der Waals surface area contributed by atoms with E-state index >= 15 is 0 Å². The molecule has 0 aliphatic carbocycles. The number of hydrogen-bond donors (Lipinski definition) is 1. The largest absolute Gasteiger partial charge is 0.494 e. The number of rotatable bonds is 9. The molecule has 0 aliphatic rings. The minimum atomic E-state index is 0.816. The first-order valence-corrected chi connectivity index (χ1v) is 7.89. The molecular formula is C19H25NO. The maximum absolute atomic E-state index is 5.74.